The quantitative estimate of drug-likeness (QED) is 0.601. The van der Waals surface area contributed by atoms with Crippen LogP contribution in [0.1, 0.15) is 18.7 Å². The largest absolute Gasteiger partial charge is 0.387 e. The second-order valence-corrected chi connectivity index (χ2v) is 1.84. The zero-order chi connectivity index (χ0) is 6.69. The number of hydrogen-bond donors (Lipinski definition) is 1. The maximum Gasteiger partial charge on any atom is 0.0938 e. The van der Waals surface area contributed by atoms with Crippen LogP contribution in [0.4, 0.5) is 0 Å². The van der Waals surface area contributed by atoms with E-state index in [1.807, 2.05) is 0 Å². The summed E-state index contributed by atoms with van der Waals surface area (Å²) >= 11 is 0. The second-order valence-electron chi connectivity index (χ2n) is 1.84. The molecular formula is C7H8NO. The molecule has 0 spiro atoms. The third-order valence-electron chi connectivity index (χ3n) is 1.02. The van der Waals surface area contributed by atoms with E-state index in [9.17, 15) is 0 Å². The van der Waals surface area contributed by atoms with Crippen LogP contribution >= 0.6 is 0 Å². The molecule has 1 heterocycles. The first kappa shape index (κ1) is 6.23. The van der Waals surface area contributed by atoms with E-state index in [2.05, 4.69) is 11.1 Å². The summed E-state index contributed by atoms with van der Waals surface area (Å²) in [4.78, 5) is 3.87. The molecular weight excluding hydrogens is 114 g/mol. The summed E-state index contributed by atoms with van der Waals surface area (Å²) in [5.41, 5.74) is 0.595. The zero-order valence-electron chi connectivity index (χ0n) is 5.20. The number of rotatable bonds is 1. The number of aliphatic hydroxyl groups excluding tert-OH is 1. The van der Waals surface area contributed by atoms with Crippen LogP contribution in [0.15, 0.2) is 18.3 Å². The minimum absolute atomic E-state index is 0.508. The lowest BCUT2D eigenvalue weighted by molar-refractivity contribution is 0.194. The lowest BCUT2D eigenvalue weighted by atomic mass is 10.2. The molecule has 0 amide bonds. The van der Waals surface area contributed by atoms with Gasteiger partial charge >= 0.3 is 0 Å². The Balaban J connectivity index is 2.85. The van der Waals surface area contributed by atoms with Crippen LogP contribution in [-0.2, 0) is 0 Å². The summed E-state index contributed by atoms with van der Waals surface area (Å²) in [6.45, 7) is 1.67. The Labute approximate surface area is 54.2 Å². The first-order valence-corrected chi connectivity index (χ1v) is 2.81. The molecule has 0 aliphatic carbocycles. The van der Waals surface area contributed by atoms with Crippen molar-refractivity contribution in [3.05, 3.63) is 30.1 Å². The van der Waals surface area contributed by atoms with Crippen molar-refractivity contribution in [3.63, 3.8) is 0 Å². The molecule has 1 aromatic rings. The number of pyridine rings is 1. The van der Waals surface area contributed by atoms with E-state index >= 15 is 0 Å². The summed E-state index contributed by atoms with van der Waals surface area (Å²) in [6, 6.07) is 6.31. The van der Waals surface area contributed by atoms with Crippen LogP contribution < -0.4 is 0 Å². The highest BCUT2D eigenvalue weighted by atomic mass is 16.3. The highest BCUT2D eigenvalue weighted by molar-refractivity contribution is 5.03. The first-order valence-electron chi connectivity index (χ1n) is 2.81. The summed E-state index contributed by atoms with van der Waals surface area (Å²) in [5, 5.41) is 8.93. The average Bonchev–Trinajstić information content (AvgIpc) is 1.90. The molecule has 1 rings (SSSR count). The molecule has 47 valence electrons. The van der Waals surface area contributed by atoms with Crippen LogP contribution in [-0.4, -0.2) is 10.1 Å². The molecule has 2 heteroatoms. The van der Waals surface area contributed by atoms with Crippen molar-refractivity contribution < 1.29 is 5.11 Å². The van der Waals surface area contributed by atoms with Crippen molar-refractivity contribution in [2.75, 3.05) is 0 Å². The average molecular weight is 122 g/mol. The van der Waals surface area contributed by atoms with Gasteiger partial charge in [-0.15, -0.1) is 0 Å². The SMILES string of the molecule is C[C@H](O)c1[c]cccn1. The Morgan fingerprint density at radius 1 is 1.78 bits per heavy atom. The van der Waals surface area contributed by atoms with Gasteiger partial charge < -0.3 is 5.11 Å². The molecule has 1 N–H and O–H groups in total. The van der Waals surface area contributed by atoms with E-state index in [0.29, 0.717) is 5.69 Å². The summed E-state index contributed by atoms with van der Waals surface area (Å²) in [5.74, 6) is 0. The van der Waals surface area contributed by atoms with Crippen LogP contribution in [0.2, 0.25) is 0 Å². The monoisotopic (exact) mass is 122 g/mol. The molecule has 0 unspecified atom stereocenters. The van der Waals surface area contributed by atoms with E-state index < -0.39 is 6.10 Å². The molecule has 9 heavy (non-hydrogen) atoms. The van der Waals surface area contributed by atoms with Crippen molar-refractivity contribution >= 4 is 0 Å². The molecule has 0 fully saturated rings. The van der Waals surface area contributed by atoms with Gasteiger partial charge in [0.1, 0.15) is 0 Å². The highest BCUT2D eigenvalue weighted by Gasteiger charge is 1.97. The lowest BCUT2D eigenvalue weighted by Crippen LogP contribution is -1.93. The van der Waals surface area contributed by atoms with Crippen molar-refractivity contribution in [2.45, 2.75) is 13.0 Å². The molecule has 1 atom stereocenters. The predicted molar refractivity (Wildman–Crippen MR) is 33.7 cm³/mol. The van der Waals surface area contributed by atoms with Crippen LogP contribution in [0, 0.1) is 6.07 Å². The summed E-state index contributed by atoms with van der Waals surface area (Å²) in [7, 11) is 0. The van der Waals surface area contributed by atoms with Crippen LogP contribution in [0.3, 0.4) is 0 Å². The fraction of sp³-hybridized carbons (Fsp3) is 0.286. The molecule has 0 aliphatic rings. The number of aromatic nitrogens is 1. The Kier molecular flexibility index (Phi) is 1.80. The molecule has 0 bridgehead atoms. The van der Waals surface area contributed by atoms with E-state index in [0.717, 1.165) is 0 Å². The molecule has 2 nitrogen and oxygen atoms in total. The Bertz CT molecular complexity index is 172. The van der Waals surface area contributed by atoms with Crippen molar-refractivity contribution in [1.82, 2.24) is 4.98 Å². The van der Waals surface area contributed by atoms with Crippen molar-refractivity contribution in [2.24, 2.45) is 0 Å². The van der Waals surface area contributed by atoms with Gasteiger partial charge in [-0.1, -0.05) is 6.07 Å². The number of nitrogens with zero attached hydrogens (tertiary/aromatic N) is 1. The van der Waals surface area contributed by atoms with E-state index in [1.54, 1.807) is 25.3 Å². The van der Waals surface area contributed by atoms with Gasteiger partial charge in [0, 0.05) is 12.3 Å². The third kappa shape index (κ3) is 1.50. The Morgan fingerprint density at radius 2 is 2.56 bits per heavy atom. The van der Waals surface area contributed by atoms with Gasteiger partial charge in [0.15, 0.2) is 0 Å². The summed E-state index contributed by atoms with van der Waals surface area (Å²) in [6.07, 6.45) is 1.13. The minimum Gasteiger partial charge on any atom is -0.387 e. The molecule has 0 aromatic carbocycles. The second kappa shape index (κ2) is 2.60. The predicted octanol–water partition coefficient (Wildman–Crippen LogP) is 0.935. The molecule has 1 aromatic heterocycles. The molecule has 0 saturated carbocycles. The highest BCUT2D eigenvalue weighted by Crippen LogP contribution is 2.04. The van der Waals surface area contributed by atoms with Crippen LogP contribution in [0.5, 0.6) is 0 Å². The number of hydrogen-bond acceptors (Lipinski definition) is 2. The van der Waals surface area contributed by atoms with Crippen molar-refractivity contribution in [3.8, 4) is 0 Å². The lowest BCUT2D eigenvalue weighted by Gasteiger charge is -1.98. The molecule has 1 radical (unpaired) electrons. The zero-order valence-corrected chi connectivity index (χ0v) is 5.20. The van der Waals surface area contributed by atoms with Gasteiger partial charge in [-0.2, -0.15) is 0 Å². The fourth-order valence-electron chi connectivity index (χ4n) is 0.566. The van der Waals surface area contributed by atoms with Gasteiger partial charge in [0.25, 0.3) is 0 Å². The number of aliphatic hydroxyl groups is 1. The molecule has 0 aliphatic heterocycles. The van der Waals surface area contributed by atoms with Gasteiger partial charge in [0.2, 0.25) is 0 Å². The van der Waals surface area contributed by atoms with Gasteiger partial charge in [-0.3, -0.25) is 4.98 Å². The third-order valence-corrected chi connectivity index (χ3v) is 1.02. The van der Waals surface area contributed by atoms with Gasteiger partial charge in [-0.25, -0.2) is 0 Å². The standard InChI is InChI=1S/C7H8NO/c1-6(9)7-4-2-3-5-8-7/h2-3,5-6,9H,1H3/t6-/m0/s1. The fourth-order valence-corrected chi connectivity index (χ4v) is 0.566. The van der Waals surface area contributed by atoms with Crippen LogP contribution in [0.25, 0.3) is 0 Å². The normalized spacial score (nSPS) is 13.1. The van der Waals surface area contributed by atoms with E-state index in [4.69, 9.17) is 5.11 Å². The van der Waals surface area contributed by atoms with E-state index in [-0.39, 0.29) is 0 Å². The Morgan fingerprint density at radius 3 is 2.89 bits per heavy atom. The van der Waals surface area contributed by atoms with Gasteiger partial charge in [0.05, 0.1) is 11.8 Å². The Hall–Kier alpha value is -0.890. The minimum atomic E-state index is -0.508. The van der Waals surface area contributed by atoms with Crippen molar-refractivity contribution in [1.29, 1.82) is 0 Å². The molecule has 0 saturated heterocycles. The summed E-state index contributed by atoms with van der Waals surface area (Å²) < 4.78 is 0. The first-order chi connectivity index (χ1) is 4.30. The maximum absolute atomic E-state index is 8.93. The smallest absolute Gasteiger partial charge is 0.0938 e. The topological polar surface area (TPSA) is 33.1 Å². The van der Waals surface area contributed by atoms with Gasteiger partial charge in [-0.05, 0) is 13.0 Å². The maximum atomic E-state index is 8.93. The van der Waals surface area contributed by atoms with E-state index in [1.165, 1.54) is 0 Å².